The Morgan fingerprint density at radius 3 is 1.38 bits per heavy atom. The van der Waals surface area contributed by atoms with Gasteiger partial charge in [-0.05, 0) is 120 Å². The van der Waals surface area contributed by atoms with Crippen molar-refractivity contribution in [1.29, 1.82) is 0 Å². The number of nitrogens with zero attached hydrogens (tertiary/aromatic N) is 2. The molecule has 10 rings (SSSR count). The number of aliphatic hydroxyl groups is 3. The smallest absolute Gasteiger partial charge is 0.550 e. The fourth-order valence-corrected chi connectivity index (χ4v) is 10.5. The van der Waals surface area contributed by atoms with Crippen molar-refractivity contribution in [2.24, 2.45) is 0 Å². The average molecular weight is 1580 g/mol. The van der Waals surface area contributed by atoms with Crippen LogP contribution in [0.5, 0.6) is 34.5 Å². The second kappa shape index (κ2) is 52.8. The summed E-state index contributed by atoms with van der Waals surface area (Å²) in [6.07, 6.45) is 16.6. The third kappa shape index (κ3) is 32.6. The SMILES string of the molecule is C#CCOc1ccc(N)c(C(=O)c2ccc(C(C)C)cc2)c1.C#CCOc1ccc(NCc2ccccc2OCCO)c(C(=O)c2ccc(C(C)C)cc2)c1.C#CCOc1ccc2c(c1)c(-c1ccc(C(C)C)cc1)nc(=O)n2Cc1ccccc1OCCO.CC(=O)OOC(C)=O.CC(=O)[O-].O=Cc1ccccc1OCCO.[B].[Na+]. The molecule has 0 bridgehead atoms. The van der Waals surface area contributed by atoms with Gasteiger partial charge in [0, 0.05) is 90.5 Å². The van der Waals surface area contributed by atoms with Crippen molar-refractivity contribution in [3.05, 3.63) is 266 Å². The van der Waals surface area contributed by atoms with Crippen LogP contribution in [0.2, 0.25) is 0 Å². The fourth-order valence-electron chi connectivity index (χ4n) is 10.5. The first-order chi connectivity index (χ1) is 54.8. The summed E-state index contributed by atoms with van der Waals surface area (Å²) in [4.78, 5) is 90.5. The molecule has 0 saturated heterocycles. The van der Waals surface area contributed by atoms with Gasteiger partial charge in [0.1, 0.15) is 74.1 Å². The summed E-state index contributed by atoms with van der Waals surface area (Å²) < 4.78 is 34.6. The van der Waals surface area contributed by atoms with Crippen molar-refractivity contribution in [3.8, 4) is 82.8 Å². The first kappa shape index (κ1) is 97.8. The summed E-state index contributed by atoms with van der Waals surface area (Å²) in [6, 6.07) is 61.1. The monoisotopic (exact) mass is 1580 g/mol. The minimum Gasteiger partial charge on any atom is -0.550 e. The molecule has 0 atom stereocenters. The Morgan fingerprint density at radius 1 is 0.526 bits per heavy atom. The maximum atomic E-state index is 13.4. The van der Waals surface area contributed by atoms with Crippen molar-refractivity contribution >= 4 is 66.5 Å². The Balaban J connectivity index is 0.000000396. The number of carbonyl (C=O) groups is 6. The van der Waals surface area contributed by atoms with Gasteiger partial charge >= 0.3 is 47.2 Å². The van der Waals surface area contributed by atoms with Gasteiger partial charge in [0.15, 0.2) is 17.9 Å². The summed E-state index contributed by atoms with van der Waals surface area (Å²) in [5, 5.41) is 39.7. The first-order valence-electron chi connectivity index (χ1n) is 36.2. The van der Waals surface area contributed by atoms with Gasteiger partial charge in [0.25, 0.3) is 0 Å². The van der Waals surface area contributed by atoms with Crippen molar-refractivity contribution in [2.45, 2.75) is 93.2 Å². The van der Waals surface area contributed by atoms with E-state index in [4.69, 9.17) is 78.6 Å². The number of aromatic nitrogens is 2. The van der Waals surface area contributed by atoms with Crippen molar-refractivity contribution < 1.29 is 117 Å². The van der Waals surface area contributed by atoms with Crippen LogP contribution in [0.1, 0.15) is 150 Å². The third-order valence-corrected chi connectivity index (χ3v) is 16.1. The molecule has 6 N–H and O–H groups in total. The van der Waals surface area contributed by atoms with Gasteiger partial charge < -0.3 is 64.7 Å². The molecule has 0 aliphatic carbocycles. The molecule has 23 nitrogen and oxygen atoms in total. The van der Waals surface area contributed by atoms with E-state index in [1.807, 2.05) is 127 Å². The van der Waals surface area contributed by atoms with Gasteiger partial charge in [0.05, 0.1) is 43.1 Å². The van der Waals surface area contributed by atoms with Crippen LogP contribution in [0.3, 0.4) is 0 Å². The van der Waals surface area contributed by atoms with Crippen LogP contribution in [-0.4, -0.2) is 129 Å². The molecule has 3 radical (unpaired) electrons. The average Bonchev–Trinajstić information content (AvgIpc) is 0.779. The molecule has 0 aliphatic rings. The summed E-state index contributed by atoms with van der Waals surface area (Å²) in [7, 11) is 0. The number of carbonyl (C=O) groups excluding carboxylic acids is 6. The van der Waals surface area contributed by atoms with Crippen LogP contribution in [0.15, 0.2) is 205 Å². The standard InChI is InChI=1S/C29H28N2O4.C28H29NO4.C19H19NO2.C9H10O3.C4H6O4.C2H4O2.B.Na/c1-4-16-34-24-13-14-26-25(18-24)28(22-11-9-21(10-12-22)20(2)3)30-29(33)31(26)19-23-7-5-6-8-27(23)35-17-15-32;1-4-16-32-24-13-14-26(29-19-23-7-5-6-8-27(23)33-17-15-30)25(18-24)28(31)22-11-9-21(10-12-22)20(2)3;1-4-11-22-16-9-10-18(20)17(12-16)19(21)15-7-5-14(6-8-15)13(2)3;10-5-6-12-9-4-2-1-3-8(9)7-11;1-3(5)7-8-4(2)6;1-2(3)4;;/h1,5-14,18,20,32H,15-17,19H2,2-3H3;1,5-14,18,20,29-30H,15-17,19H2,2-3H3;1,5-10,12-13H,11,20H2,2-3H3;1-4,7,10H,5-6H2;1-2H3;1H3,(H,3,4);;/q;;;;;;;+1/p-1. The number of aliphatic hydroxyl groups excluding tert-OH is 3. The summed E-state index contributed by atoms with van der Waals surface area (Å²) in [5.74, 6) is 9.43. The quantitative estimate of drug-likeness (QED) is 0.00554. The Bertz CT molecular complexity index is 4970. The second-order valence-electron chi connectivity index (χ2n) is 25.5. The zero-order valence-electron chi connectivity index (χ0n) is 66.8. The molecule has 0 unspecified atom stereocenters. The summed E-state index contributed by atoms with van der Waals surface area (Å²) >= 11 is 0. The number of carboxylic acid groups (broad SMARTS) is 1. The van der Waals surface area contributed by atoms with E-state index in [1.165, 1.54) is 16.7 Å². The minimum absolute atomic E-state index is 0. The number of ether oxygens (including phenoxy) is 6. The molecular weight excluding hydrogens is 1490 g/mol. The van der Waals surface area contributed by atoms with E-state index in [1.54, 1.807) is 65.2 Å². The van der Waals surface area contributed by atoms with E-state index in [0.717, 1.165) is 54.7 Å². The number of nitrogen functional groups attached to an aromatic ring is 1. The van der Waals surface area contributed by atoms with Gasteiger partial charge in [-0.2, -0.15) is 4.98 Å². The first-order valence-corrected chi connectivity index (χ1v) is 36.2. The summed E-state index contributed by atoms with van der Waals surface area (Å²) in [6.45, 7) is 17.5. The van der Waals surface area contributed by atoms with E-state index < -0.39 is 17.9 Å². The van der Waals surface area contributed by atoms with Gasteiger partial charge in [-0.15, -0.1) is 19.3 Å². The third-order valence-electron chi connectivity index (χ3n) is 16.1. The molecule has 0 saturated carbocycles. The number of hydrogen-bond acceptors (Lipinski definition) is 22. The van der Waals surface area contributed by atoms with E-state index >= 15 is 0 Å². The van der Waals surface area contributed by atoms with Gasteiger partial charge in [0.2, 0.25) is 0 Å². The molecule has 1 aromatic heterocycles. The van der Waals surface area contributed by atoms with Crippen LogP contribution in [0, 0.1) is 37.0 Å². The van der Waals surface area contributed by atoms with Gasteiger partial charge in [-0.3, -0.25) is 19.0 Å². The number of anilines is 2. The predicted octanol–water partition coefficient (Wildman–Crippen LogP) is 9.57. The number of hydrogen-bond donors (Lipinski definition) is 5. The number of terminal acetylenes is 3. The van der Waals surface area contributed by atoms with Crippen molar-refractivity contribution in [2.75, 3.05) is 70.5 Å². The maximum absolute atomic E-state index is 13.4. The van der Waals surface area contributed by atoms with E-state index in [0.29, 0.717) is 104 Å². The number of carboxylic acids is 1. The molecule has 9 aromatic carbocycles. The minimum atomic E-state index is -1.08. The Kier molecular flexibility index (Phi) is 44.5. The molecule has 1 heterocycles. The van der Waals surface area contributed by atoms with Crippen LogP contribution in [0.25, 0.3) is 22.2 Å². The molecule has 10 aromatic rings. The van der Waals surface area contributed by atoms with Crippen LogP contribution in [-0.2, 0) is 37.2 Å². The number of nitrogens with one attached hydrogen (secondary N) is 1. The van der Waals surface area contributed by atoms with E-state index in [2.05, 4.69) is 91.5 Å². The second-order valence-corrected chi connectivity index (χ2v) is 25.5. The van der Waals surface area contributed by atoms with Crippen LogP contribution < -0.4 is 79.8 Å². The number of fused-ring (bicyclic) bond motifs is 1. The zero-order chi connectivity index (χ0) is 83.5. The van der Waals surface area contributed by atoms with E-state index in [-0.39, 0.29) is 121 Å². The molecule has 25 heteroatoms. The number of aliphatic carboxylic acids is 1. The number of ketones is 2. The molecule has 0 fully saturated rings. The maximum Gasteiger partial charge on any atom is 1.00 e. The van der Waals surface area contributed by atoms with Crippen molar-refractivity contribution in [1.82, 2.24) is 9.55 Å². The molecule has 0 spiro atoms. The Hall–Kier alpha value is -12.4. The number of rotatable bonds is 29. The largest absolute Gasteiger partial charge is 1.00 e. The molecule has 0 aliphatic heterocycles. The summed E-state index contributed by atoms with van der Waals surface area (Å²) in [5.41, 5.74) is 16.7. The van der Waals surface area contributed by atoms with Crippen LogP contribution in [0.4, 0.5) is 11.4 Å². The fraction of sp³-hybridized carbons (Fsp3) is 0.253. The molecular formula is C91H95BN4NaO19. The molecule has 0 amide bonds. The van der Waals surface area contributed by atoms with Crippen LogP contribution >= 0.6 is 0 Å². The zero-order valence-corrected chi connectivity index (χ0v) is 68.8. The Labute approximate surface area is 701 Å². The van der Waals surface area contributed by atoms with Gasteiger partial charge in [-0.1, -0.05) is 181 Å². The Morgan fingerprint density at radius 2 is 0.922 bits per heavy atom. The predicted molar refractivity (Wildman–Crippen MR) is 443 cm³/mol. The number of benzene rings is 9. The number of nitrogens with two attached hydrogens (primary N) is 1. The number of aldehydes is 1. The van der Waals surface area contributed by atoms with Crippen molar-refractivity contribution in [3.63, 3.8) is 0 Å². The van der Waals surface area contributed by atoms with Gasteiger partial charge in [-0.25, -0.2) is 24.2 Å². The topological polar surface area (TPSA) is 333 Å². The molecule has 597 valence electrons. The normalized spacial score (nSPS) is 9.97. The number of para-hydroxylation sites is 3. The molecule has 116 heavy (non-hydrogen) atoms. The van der Waals surface area contributed by atoms with E-state index in [9.17, 15) is 28.8 Å².